The van der Waals surface area contributed by atoms with Gasteiger partial charge in [0.2, 0.25) is 10.0 Å². The largest absolute Gasteiger partial charge is 0.490 e. The molecular formula is C20H23NO5S. The fourth-order valence-corrected chi connectivity index (χ4v) is 4.51. The van der Waals surface area contributed by atoms with E-state index in [1.54, 1.807) is 12.1 Å². The third-order valence-corrected chi connectivity index (χ3v) is 6.24. The molecule has 1 aliphatic heterocycles. The van der Waals surface area contributed by atoms with E-state index in [9.17, 15) is 13.2 Å². The van der Waals surface area contributed by atoms with Crippen LogP contribution < -0.4 is 4.74 Å². The Morgan fingerprint density at radius 3 is 2.52 bits per heavy atom. The maximum atomic E-state index is 12.6. The normalized spacial score (nSPS) is 14.9. The van der Waals surface area contributed by atoms with Gasteiger partial charge in [-0.05, 0) is 55.7 Å². The van der Waals surface area contributed by atoms with Crippen LogP contribution in [0.25, 0.3) is 0 Å². The van der Waals surface area contributed by atoms with E-state index in [0.717, 1.165) is 18.4 Å². The van der Waals surface area contributed by atoms with Gasteiger partial charge in [0.1, 0.15) is 19.0 Å². The van der Waals surface area contributed by atoms with Gasteiger partial charge >= 0.3 is 5.97 Å². The van der Waals surface area contributed by atoms with Crippen LogP contribution in [0.2, 0.25) is 0 Å². The third kappa shape index (κ3) is 4.87. The fraction of sp³-hybridized carbons (Fsp3) is 0.350. The van der Waals surface area contributed by atoms with Gasteiger partial charge in [-0.25, -0.2) is 13.2 Å². The lowest BCUT2D eigenvalue weighted by Crippen LogP contribution is -2.28. The summed E-state index contributed by atoms with van der Waals surface area (Å²) >= 11 is 0. The molecule has 2 aromatic carbocycles. The molecule has 0 saturated carbocycles. The zero-order chi connectivity index (χ0) is 19.3. The van der Waals surface area contributed by atoms with Gasteiger partial charge in [-0.1, -0.05) is 18.2 Å². The number of sulfonamides is 1. The van der Waals surface area contributed by atoms with Gasteiger partial charge in [0.15, 0.2) is 0 Å². The lowest BCUT2D eigenvalue weighted by molar-refractivity contribution is 0.0450. The summed E-state index contributed by atoms with van der Waals surface area (Å²) in [7, 11) is -3.56. The van der Waals surface area contributed by atoms with E-state index in [1.807, 2.05) is 31.2 Å². The molecule has 1 aliphatic rings. The second-order valence-corrected chi connectivity index (χ2v) is 8.38. The maximum Gasteiger partial charge on any atom is 0.338 e. The second kappa shape index (κ2) is 8.54. The molecular weight excluding hydrogens is 366 g/mol. The summed E-state index contributed by atoms with van der Waals surface area (Å²) in [5.41, 5.74) is 1.30. The molecule has 0 spiro atoms. The first kappa shape index (κ1) is 19.4. The smallest absolute Gasteiger partial charge is 0.338 e. The molecule has 1 fully saturated rings. The summed E-state index contributed by atoms with van der Waals surface area (Å²) in [6, 6.07) is 13.6. The zero-order valence-electron chi connectivity index (χ0n) is 15.3. The highest BCUT2D eigenvalue weighted by atomic mass is 32.2. The van der Waals surface area contributed by atoms with E-state index < -0.39 is 16.0 Å². The van der Waals surface area contributed by atoms with Crippen molar-refractivity contribution < 1.29 is 22.7 Å². The molecule has 1 saturated heterocycles. The minimum Gasteiger partial charge on any atom is -0.490 e. The van der Waals surface area contributed by atoms with Crippen molar-refractivity contribution in [3.63, 3.8) is 0 Å². The van der Waals surface area contributed by atoms with Crippen LogP contribution in [0, 0.1) is 6.92 Å². The molecule has 27 heavy (non-hydrogen) atoms. The van der Waals surface area contributed by atoms with E-state index in [-0.39, 0.29) is 23.7 Å². The molecule has 144 valence electrons. The molecule has 0 radical (unpaired) electrons. The van der Waals surface area contributed by atoms with Crippen LogP contribution >= 0.6 is 0 Å². The van der Waals surface area contributed by atoms with Gasteiger partial charge < -0.3 is 9.47 Å². The number of esters is 1. The monoisotopic (exact) mass is 389 g/mol. The average Bonchev–Trinajstić information content (AvgIpc) is 3.21. The van der Waals surface area contributed by atoms with Crippen molar-refractivity contribution in [2.24, 2.45) is 0 Å². The molecule has 3 rings (SSSR count). The van der Waals surface area contributed by atoms with Crippen molar-refractivity contribution in [2.45, 2.75) is 24.7 Å². The summed E-state index contributed by atoms with van der Waals surface area (Å²) in [5, 5.41) is 0. The average molecular weight is 389 g/mol. The minimum absolute atomic E-state index is 0.0792. The summed E-state index contributed by atoms with van der Waals surface area (Å²) in [6.07, 6.45) is 1.73. The quantitative estimate of drug-likeness (QED) is 0.538. The predicted molar refractivity (Wildman–Crippen MR) is 101 cm³/mol. The number of ether oxygens (including phenoxy) is 2. The van der Waals surface area contributed by atoms with E-state index in [4.69, 9.17) is 9.47 Å². The number of hydrogen-bond acceptors (Lipinski definition) is 5. The van der Waals surface area contributed by atoms with Crippen molar-refractivity contribution in [3.8, 4) is 5.75 Å². The Kier molecular flexibility index (Phi) is 6.13. The van der Waals surface area contributed by atoms with Crippen LogP contribution in [0.1, 0.15) is 28.8 Å². The van der Waals surface area contributed by atoms with E-state index >= 15 is 0 Å². The minimum atomic E-state index is -3.56. The Balaban J connectivity index is 1.57. The Morgan fingerprint density at radius 1 is 1.04 bits per heavy atom. The molecule has 7 heteroatoms. The van der Waals surface area contributed by atoms with Gasteiger partial charge in [0, 0.05) is 13.1 Å². The van der Waals surface area contributed by atoms with Crippen LogP contribution in [0.4, 0.5) is 0 Å². The zero-order valence-corrected chi connectivity index (χ0v) is 16.1. The summed E-state index contributed by atoms with van der Waals surface area (Å²) < 4.78 is 37.4. The van der Waals surface area contributed by atoms with Crippen LogP contribution in [-0.2, 0) is 14.8 Å². The lowest BCUT2D eigenvalue weighted by atomic mass is 10.2. The molecule has 0 amide bonds. The van der Waals surface area contributed by atoms with Crippen LogP contribution in [0.15, 0.2) is 53.4 Å². The number of carbonyl (C=O) groups excluding carboxylic acids is 1. The van der Waals surface area contributed by atoms with E-state index in [2.05, 4.69) is 0 Å². The number of benzene rings is 2. The highest BCUT2D eigenvalue weighted by molar-refractivity contribution is 7.89. The molecule has 0 unspecified atom stereocenters. The lowest BCUT2D eigenvalue weighted by Gasteiger charge is -2.15. The van der Waals surface area contributed by atoms with Gasteiger partial charge in [-0.2, -0.15) is 4.31 Å². The van der Waals surface area contributed by atoms with Gasteiger partial charge in [0.05, 0.1) is 10.5 Å². The third-order valence-electron chi connectivity index (χ3n) is 4.35. The number of hydrogen-bond donors (Lipinski definition) is 0. The molecule has 0 aliphatic carbocycles. The van der Waals surface area contributed by atoms with Crippen molar-refractivity contribution >= 4 is 16.0 Å². The predicted octanol–water partition coefficient (Wildman–Crippen LogP) is 3.02. The Labute approximate surface area is 159 Å². The first-order chi connectivity index (χ1) is 13.0. The van der Waals surface area contributed by atoms with Crippen molar-refractivity contribution in [3.05, 3.63) is 59.7 Å². The number of rotatable bonds is 7. The van der Waals surface area contributed by atoms with Gasteiger partial charge in [-0.15, -0.1) is 0 Å². The Morgan fingerprint density at radius 2 is 1.78 bits per heavy atom. The summed E-state index contributed by atoms with van der Waals surface area (Å²) in [5.74, 6) is 0.145. The fourth-order valence-electron chi connectivity index (χ4n) is 2.94. The van der Waals surface area contributed by atoms with Crippen LogP contribution in [0.3, 0.4) is 0 Å². The van der Waals surface area contributed by atoms with Crippen molar-refractivity contribution in [2.75, 3.05) is 26.3 Å². The van der Waals surface area contributed by atoms with Crippen LogP contribution in [0.5, 0.6) is 5.75 Å². The molecule has 0 N–H and O–H groups in total. The summed E-state index contributed by atoms with van der Waals surface area (Å²) in [4.78, 5) is 12.3. The Hall–Kier alpha value is -2.38. The maximum absolute atomic E-state index is 12.6. The molecule has 0 aromatic heterocycles. The topological polar surface area (TPSA) is 72.9 Å². The van der Waals surface area contributed by atoms with E-state index in [1.165, 1.54) is 16.4 Å². The second-order valence-electron chi connectivity index (χ2n) is 6.44. The van der Waals surface area contributed by atoms with Gasteiger partial charge in [-0.3, -0.25) is 0 Å². The van der Waals surface area contributed by atoms with Crippen LogP contribution in [-0.4, -0.2) is 45.0 Å². The first-order valence-electron chi connectivity index (χ1n) is 8.93. The molecule has 0 bridgehead atoms. The summed E-state index contributed by atoms with van der Waals surface area (Å²) in [6.45, 7) is 3.31. The highest BCUT2D eigenvalue weighted by Crippen LogP contribution is 2.21. The number of aryl methyl sites for hydroxylation is 1. The molecule has 1 heterocycles. The SMILES string of the molecule is Cc1cccc(OCCOC(=O)c2cccc(S(=O)(=O)N3CCCC3)c2)c1. The number of carbonyl (C=O) groups is 1. The Bertz CT molecular complexity index is 904. The molecule has 2 aromatic rings. The molecule has 6 nitrogen and oxygen atoms in total. The highest BCUT2D eigenvalue weighted by Gasteiger charge is 2.27. The standard InChI is InChI=1S/C20H23NO5S/c1-16-6-4-8-18(14-16)25-12-13-26-20(22)17-7-5-9-19(15-17)27(23,24)21-10-2-3-11-21/h4-9,14-15H,2-3,10-13H2,1H3. The van der Waals surface area contributed by atoms with Crippen molar-refractivity contribution in [1.29, 1.82) is 0 Å². The first-order valence-corrected chi connectivity index (χ1v) is 10.4. The van der Waals surface area contributed by atoms with Gasteiger partial charge in [0.25, 0.3) is 0 Å². The van der Waals surface area contributed by atoms with Crippen molar-refractivity contribution in [1.82, 2.24) is 4.31 Å². The number of nitrogens with zero attached hydrogens (tertiary/aromatic N) is 1. The van der Waals surface area contributed by atoms with E-state index in [0.29, 0.717) is 18.8 Å². The molecule has 0 atom stereocenters.